The average Bonchev–Trinajstić information content (AvgIpc) is 2.88. The molecule has 0 radical (unpaired) electrons. The summed E-state index contributed by atoms with van der Waals surface area (Å²) in [5.74, 6) is 0.864. The largest absolute Gasteiger partial charge is 0.496 e. The Morgan fingerprint density at radius 2 is 2.15 bits per heavy atom. The fraction of sp³-hybridized carbons (Fsp3) is 0.375. The molecule has 1 aromatic heterocycles. The van der Waals surface area contributed by atoms with Gasteiger partial charge in [0.25, 0.3) is 0 Å². The molecule has 1 atom stereocenters. The first-order valence-corrected chi connectivity index (χ1v) is 7.64. The molecule has 1 unspecified atom stereocenters. The summed E-state index contributed by atoms with van der Waals surface area (Å²) in [6, 6.07) is 8.75. The Kier molecular flexibility index (Phi) is 5.26. The molecule has 1 heterocycles. The fourth-order valence-corrected chi connectivity index (χ4v) is 2.85. The SMILES string of the molecule is CCNC(C)c1ccn(Cc2ccc(OC)c(Br)c2)c1. The molecule has 0 saturated heterocycles. The van der Waals surface area contributed by atoms with Crippen LogP contribution in [0, 0.1) is 0 Å². The minimum absolute atomic E-state index is 0.392. The van der Waals surface area contributed by atoms with E-state index in [0.717, 1.165) is 23.3 Å². The Morgan fingerprint density at radius 3 is 2.80 bits per heavy atom. The van der Waals surface area contributed by atoms with Gasteiger partial charge in [-0.15, -0.1) is 0 Å². The van der Waals surface area contributed by atoms with Crippen LogP contribution in [0.4, 0.5) is 0 Å². The average molecular weight is 337 g/mol. The number of nitrogens with one attached hydrogen (secondary N) is 1. The van der Waals surface area contributed by atoms with E-state index in [2.05, 4.69) is 70.3 Å². The number of benzene rings is 1. The molecule has 0 bridgehead atoms. The van der Waals surface area contributed by atoms with E-state index in [9.17, 15) is 0 Å². The van der Waals surface area contributed by atoms with E-state index in [-0.39, 0.29) is 0 Å². The number of halogens is 1. The van der Waals surface area contributed by atoms with Gasteiger partial charge < -0.3 is 14.6 Å². The van der Waals surface area contributed by atoms with Crippen molar-refractivity contribution in [3.05, 3.63) is 52.3 Å². The molecule has 20 heavy (non-hydrogen) atoms. The quantitative estimate of drug-likeness (QED) is 0.863. The lowest BCUT2D eigenvalue weighted by Crippen LogP contribution is -2.17. The van der Waals surface area contributed by atoms with E-state index in [1.54, 1.807) is 7.11 Å². The number of ether oxygens (including phenoxy) is 1. The van der Waals surface area contributed by atoms with Crippen LogP contribution in [-0.2, 0) is 6.54 Å². The highest BCUT2D eigenvalue weighted by Crippen LogP contribution is 2.26. The smallest absolute Gasteiger partial charge is 0.133 e. The highest BCUT2D eigenvalue weighted by atomic mass is 79.9. The normalized spacial score (nSPS) is 12.4. The molecule has 0 fully saturated rings. The van der Waals surface area contributed by atoms with Crippen LogP contribution in [0.15, 0.2) is 41.1 Å². The molecule has 3 nitrogen and oxygen atoms in total. The number of nitrogens with zero attached hydrogens (tertiary/aromatic N) is 1. The number of hydrogen-bond acceptors (Lipinski definition) is 2. The highest BCUT2D eigenvalue weighted by molar-refractivity contribution is 9.10. The van der Waals surface area contributed by atoms with Crippen molar-refractivity contribution < 1.29 is 4.74 Å². The molecule has 0 aliphatic carbocycles. The van der Waals surface area contributed by atoms with Gasteiger partial charge in [-0.2, -0.15) is 0 Å². The lowest BCUT2D eigenvalue weighted by molar-refractivity contribution is 0.412. The van der Waals surface area contributed by atoms with Crippen LogP contribution in [0.2, 0.25) is 0 Å². The number of hydrogen-bond donors (Lipinski definition) is 1. The molecule has 0 spiro atoms. The van der Waals surface area contributed by atoms with Crippen molar-refractivity contribution in [2.24, 2.45) is 0 Å². The van der Waals surface area contributed by atoms with E-state index in [1.165, 1.54) is 11.1 Å². The molecule has 0 amide bonds. The zero-order valence-corrected chi connectivity index (χ0v) is 13.8. The van der Waals surface area contributed by atoms with Gasteiger partial charge in [-0.05, 0) is 58.7 Å². The standard InChI is InChI=1S/C16H21BrN2O/c1-4-18-12(2)14-7-8-19(11-14)10-13-5-6-16(20-3)15(17)9-13/h5-9,11-12,18H,4,10H2,1-3H3. The molecular weight excluding hydrogens is 316 g/mol. The highest BCUT2D eigenvalue weighted by Gasteiger charge is 2.06. The second-order valence-electron chi connectivity index (χ2n) is 4.87. The Bertz CT molecular complexity index is 565. The Balaban J connectivity index is 2.08. The summed E-state index contributed by atoms with van der Waals surface area (Å²) >= 11 is 3.53. The van der Waals surface area contributed by atoms with Crippen LogP contribution in [-0.4, -0.2) is 18.2 Å². The summed E-state index contributed by atoms with van der Waals surface area (Å²) < 4.78 is 8.45. The lowest BCUT2D eigenvalue weighted by atomic mass is 10.2. The molecule has 0 saturated carbocycles. The van der Waals surface area contributed by atoms with E-state index in [1.807, 2.05) is 6.07 Å². The van der Waals surface area contributed by atoms with Crippen LogP contribution in [0.1, 0.15) is 31.0 Å². The minimum atomic E-state index is 0.392. The molecule has 2 aromatic rings. The summed E-state index contributed by atoms with van der Waals surface area (Å²) in [6.45, 7) is 6.16. The van der Waals surface area contributed by atoms with Crippen LogP contribution in [0.5, 0.6) is 5.75 Å². The van der Waals surface area contributed by atoms with Crippen molar-refractivity contribution in [1.29, 1.82) is 0 Å². The Morgan fingerprint density at radius 1 is 1.35 bits per heavy atom. The van der Waals surface area contributed by atoms with Crippen molar-refractivity contribution in [2.45, 2.75) is 26.4 Å². The Labute approximate surface area is 129 Å². The topological polar surface area (TPSA) is 26.2 Å². The van der Waals surface area contributed by atoms with Crippen molar-refractivity contribution in [3.8, 4) is 5.75 Å². The van der Waals surface area contributed by atoms with Gasteiger partial charge in [0.1, 0.15) is 5.75 Å². The molecular formula is C16H21BrN2O. The van der Waals surface area contributed by atoms with Gasteiger partial charge in [0.15, 0.2) is 0 Å². The predicted molar refractivity (Wildman–Crippen MR) is 86.3 cm³/mol. The maximum absolute atomic E-state index is 5.25. The van der Waals surface area contributed by atoms with Gasteiger partial charge in [0.05, 0.1) is 11.6 Å². The zero-order valence-electron chi connectivity index (χ0n) is 12.2. The fourth-order valence-electron chi connectivity index (χ4n) is 2.26. The lowest BCUT2D eigenvalue weighted by Gasteiger charge is -2.10. The summed E-state index contributed by atoms with van der Waals surface area (Å²) in [4.78, 5) is 0. The van der Waals surface area contributed by atoms with E-state index >= 15 is 0 Å². The van der Waals surface area contributed by atoms with E-state index < -0.39 is 0 Å². The molecule has 1 aromatic carbocycles. The third kappa shape index (κ3) is 3.64. The minimum Gasteiger partial charge on any atom is -0.496 e. The van der Waals surface area contributed by atoms with Crippen molar-refractivity contribution in [3.63, 3.8) is 0 Å². The van der Waals surface area contributed by atoms with Gasteiger partial charge in [0, 0.05) is 25.0 Å². The van der Waals surface area contributed by atoms with Gasteiger partial charge in [-0.3, -0.25) is 0 Å². The third-order valence-corrected chi connectivity index (χ3v) is 3.98. The van der Waals surface area contributed by atoms with E-state index in [4.69, 9.17) is 4.74 Å². The van der Waals surface area contributed by atoms with Crippen LogP contribution < -0.4 is 10.1 Å². The molecule has 0 aliphatic rings. The Hall–Kier alpha value is -1.26. The second kappa shape index (κ2) is 6.95. The predicted octanol–water partition coefficient (Wildman–Crippen LogP) is 3.98. The second-order valence-corrected chi connectivity index (χ2v) is 5.72. The summed E-state index contributed by atoms with van der Waals surface area (Å²) in [7, 11) is 1.68. The summed E-state index contributed by atoms with van der Waals surface area (Å²) in [5, 5.41) is 3.43. The number of methoxy groups -OCH3 is 1. The maximum Gasteiger partial charge on any atom is 0.133 e. The molecule has 108 valence electrons. The maximum atomic E-state index is 5.25. The molecule has 1 N–H and O–H groups in total. The van der Waals surface area contributed by atoms with Gasteiger partial charge in [-0.25, -0.2) is 0 Å². The summed E-state index contributed by atoms with van der Waals surface area (Å²) in [5.41, 5.74) is 2.57. The van der Waals surface area contributed by atoms with Crippen molar-refractivity contribution in [2.75, 3.05) is 13.7 Å². The first-order valence-electron chi connectivity index (χ1n) is 6.85. The summed E-state index contributed by atoms with van der Waals surface area (Å²) in [6.07, 6.45) is 4.33. The molecule has 2 rings (SSSR count). The molecule has 0 aliphatic heterocycles. The first-order chi connectivity index (χ1) is 9.63. The number of aromatic nitrogens is 1. The first kappa shape index (κ1) is 15.1. The zero-order chi connectivity index (χ0) is 14.5. The van der Waals surface area contributed by atoms with Crippen molar-refractivity contribution in [1.82, 2.24) is 9.88 Å². The van der Waals surface area contributed by atoms with Crippen LogP contribution >= 0.6 is 15.9 Å². The molecule has 4 heteroatoms. The number of rotatable bonds is 6. The third-order valence-electron chi connectivity index (χ3n) is 3.37. The van der Waals surface area contributed by atoms with Crippen LogP contribution in [0.3, 0.4) is 0 Å². The van der Waals surface area contributed by atoms with Gasteiger partial charge in [-0.1, -0.05) is 13.0 Å². The van der Waals surface area contributed by atoms with Crippen molar-refractivity contribution >= 4 is 15.9 Å². The van der Waals surface area contributed by atoms with Crippen LogP contribution in [0.25, 0.3) is 0 Å². The van der Waals surface area contributed by atoms with Gasteiger partial charge >= 0.3 is 0 Å². The van der Waals surface area contributed by atoms with Gasteiger partial charge in [0.2, 0.25) is 0 Å². The van der Waals surface area contributed by atoms with E-state index in [0.29, 0.717) is 6.04 Å². The monoisotopic (exact) mass is 336 g/mol.